The van der Waals surface area contributed by atoms with Gasteiger partial charge < -0.3 is 0 Å². The van der Waals surface area contributed by atoms with Gasteiger partial charge in [-0.2, -0.15) is 5.10 Å². The van der Waals surface area contributed by atoms with Crippen molar-refractivity contribution in [3.63, 3.8) is 0 Å². The molecule has 0 N–H and O–H groups in total. The molecule has 6 nitrogen and oxygen atoms in total. The number of hydrogen-bond donors (Lipinski definition) is 0. The van der Waals surface area contributed by atoms with E-state index in [9.17, 15) is 9.18 Å². The van der Waals surface area contributed by atoms with Crippen LogP contribution in [0.15, 0.2) is 60.4 Å². The molecule has 0 atom stereocenters. The summed E-state index contributed by atoms with van der Waals surface area (Å²) >= 11 is 1.44. The maximum absolute atomic E-state index is 14.2. The number of benzene rings is 2. The van der Waals surface area contributed by atoms with Crippen LogP contribution in [0.4, 0.5) is 19.9 Å². The van der Waals surface area contributed by atoms with Gasteiger partial charge in [0, 0.05) is 18.5 Å². The van der Waals surface area contributed by atoms with Crippen molar-refractivity contribution in [2.75, 3.05) is 22.9 Å². The van der Waals surface area contributed by atoms with Crippen LogP contribution in [0, 0.1) is 5.82 Å². The van der Waals surface area contributed by atoms with Crippen molar-refractivity contribution < 1.29 is 9.18 Å². The van der Waals surface area contributed by atoms with Crippen molar-refractivity contribution in [1.29, 1.82) is 0 Å². The fourth-order valence-electron chi connectivity index (χ4n) is 3.39. The Hall–Kier alpha value is -3.26. The molecule has 4 aromatic rings. The number of carbonyl (C=O) groups is 1. The highest BCUT2D eigenvalue weighted by molar-refractivity contribution is 7.14. The average Bonchev–Trinajstić information content (AvgIpc) is 3.41. The fourth-order valence-corrected chi connectivity index (χ4v) is 4.04. The Morgan fingerprint density at radius 1 is 0.963 bits per heavy atom. The third-order valence-corrected chi connectivity index (χ3v) is 5.45. The van der Waals surface area contributed by atoms with Gasteiger partial charge in [0.2, 0.25) is 0 Å². The van der Waals surface area contributed by atoms with E-state index < -0.39 is 0 Å². The highest BCUT2D eigenvalue weighted by atomic mass is 32.1. The summed E-state index contributed by atoms with van der Waals surface area (Å²) in [4.78, 5) is 20.4. The summed E-state index contributed by atoms with van der Waals surface area (Å²) in [6, 6.07) is 12.0. The van der Waals surface area contributed by atoms with E-state index in [1.165, 1.54) is 17.4 Å². The molecule has 2 aromatic heterocycles. The number of halogens is 1. The molecule has 27 heavy (non-hydrogen) atoms. The molecule has 1 saturated heterocycles. The molecular formula is C19H14FN5OS. The molecule has 1 aliphatic heterocycles. The van der Waals surface area contributed by atoms with Crippen LogP contribution in [-0.2, 0) is 0 Å². The van der Waals surface area contributed by atoms with Crippen LogP contribution in [0.5, 0.6) is 0 Å². The van der Waals surface area contributed by atoms with E-state index in [-0.39, 0.29) is 11.8 Å². The number of amides is 2. The van der Waals surface area contributed by atoms with Gasteiger partial charge in [-0.15, -0.1) is 11.3 Å². The lowest BCUT2D eigenvalue weighted by atomic mass is 10.2. The number of para-hydroxylation sites is 1. The maximum atomic E-state index is 14.2. The summed E-state index contributed by atoms with van der Waals surface area (Å²) in [6.07, 6.45) is 3.38. The van der Waals surface area contributed by atoms with Gasteiger partial charge in [-0.1, -0.05) is 18.2 Å². The number of carbonyl (C=O) groups excluding carboxylic acids is 1. The lowest BCUT2D eigenvalue weighted by Crippen LogP contribution is -2.31. The minimum Gasteiger partial charge on any atom is -0.291 e. The van der Waals surface area contributed by atoms with Gasteiger partial charge in [-0.3, -0.25) is 14.8 Å². The van der Waals surface area contributed by atoms with Crippen LogP contribution in [0.2, 0.25) is 0 Å². The Balaban J connectivity index is 1.58. The van der Waals surface area contributed by atoms with Gasteiger partial charge in [0.15, 0.2) is 0 Å². The molecular weight excluding hydrogens is 365 g/mol. The summed E-state index contributed by atoms with van der Waals surface area (Å²) in [6.45, 7) is 1.17. The predicted molar refractivity (Wildman–Crippen MR) is 103 cm³/mol. The van der Waals surface area contributed by atoms with Gasteiger partial charge in [-0.25, -0.2) is 13.9 Å². The van der Waals surface area contributed by atoms with E-state index in [0.29, 0.717) is 18.8 Å². The van der Waals surface area contributed by atoms with Crippen molar-refractivity contribution in [1.82, 2.24) is 14.8 Å². The second kappa shape index (κ2) is 6.17. The minimum absolute atomic E-state index is 0.0922. The van der Waals surface area contributed by atoms with E-state index in [1.54, 1.807) is 50.6 Å². The Labute approximate surface area is 158 Å². The highest BCUT2D eigenvalue weighted by Crippen LogP contribution is 2.33. The molecule has 1 fully saturated rings. The number of thiazole rings is 1. The molecule has 0 bridgehead atoms. The number of anilines is 2. The first-order chi connectivity index (χ1) is 13.2. The molecule has 0 radical (unpaired) electrons. The normalized spacial score (nSPS) is 14.5. The third-order valence-electron chi connectivity index (χ3n) is 4.66. The van der Waals surface area contributed by atoms with Crippen LogP contribution in [0.1, 0.15) is 0 Å². The lowest BCUT2D eigenvalue weighted by molar-refractivity contribution is 0.256. The molecule has 0 aliphatic carbocycles. The van der Waals surface area contributed by atoms with Crippen molar-refractivity contribution in [3.05, 3.63) is 66.2 Å². The number of aromatic nitrogens is 3. The summed E-state index contributed by atoms with van der Waals surface area (Å²) < 4.78 is 15.8. The van der Waals surface area contributed by atoms with E-state index in [2.05, 4.69) is 10.1 Å². The van der Waals surface area contributed by atoms with Gasteiger partial charge in [0.05, 0.1) is 29.1 Å². The summed E-state index contributed by atoms with van der Waals surface area (Å²) in [5, 5.41) is 6.01. The Morgan fingerprint density at radius 3 is 2.59 bits per heavy atom. The number of nitrogens with zero attached hydrogens (tertiary/aromatic N) is 5. The zero-order chi connectivity index (χ0) is 18.4. The summed E-state index contributed by atoms with van der Waals surface area (Å²) in [5.74, 6) is -0.346. The highest BCUT2D eigenvalue weighted by Gasteiger charge is 2.32. The monoisotopic (exact) mass is 379 g/mol. The summed E-state index contributed by atoms with van der Waals surface area (Å²) in [5.41, 5.74) is 3.61. The van der Waals surface area contributed by atoms with Crippen LogP contribution in [-0.4, -0.2) is 33.9 Å². The van der Waals surface area contributed by atoms with Crippen LogP contribution >= 0.6 is 11.3 Å². The first-order valence-corrected chi connectivity index (χ1v) is 9.31. The summed E-state index contributed by atoms with van der Waals surface area (Å²) in [7, 11) is 0. The zero-order valence-electron chi connectivity index (χ0n) is 14.1. The molecule has 5 rings (SSSR count). The second-order valence-corrected chi connectivity index (χ2v) is 7.01. The van der Waals surface area contributed by atoms with Gasteiger partial charge in [0.1, 0.15) is 16.5 Å². The van der Waals surface area contributed by atoms with Crippen molar-refractivity contribution in [3.8, 4) is 5.69 Å². The lowest BCUT2D eigenvalue weighted by Gasteiger charge is -2.18. The maximum Gasteiger partial charge on any atom is 0.329 e. The number of fused-ring (bicyclic) bond motifs is 1. The number of rotatable bonds is 3. The SMILES string of the molecule is O=C1N(c2cncs2)CCN1c1cccc2c1cnn2-c1ccccc1F. The van der Waals surface area contributed by atoms with E-state index in [0.717, 1.165) is 21.6 Å². The van der Waals surface area contributed by atoms with Crippen LogP contribution in [0.3, 0.4) is 0 Å². The first-order valence-electron chi connectivity index (χ1n) is 8.43. The molecule has 134 valence electrons. The third kappa shape index (κ3) is 2.48. The number of hydrogen-bond acceptors (Lipinski definition) is 4. The molecule has 2 amide bonds. The Kier molecular flexibility index (Phi) is 3.64. The molecule has 1 aliphatic rings. The topological polar surface area (TPSA) is 54.3 Å². The largest absolute Gasteiger partial charge is 0.329 e. The molecule has 0 unspecified atom stereocenters. The van der Waals surface area contributed by atoms with Crippen molar-refractivity contribution in [2.45, 2.75) is 0 Å². The number of urea groups is 1. The van der Waals surface area contributed by atoms with Crippen LogP contribution < -0.4 is 9.80 Å². The molecule has 0 saturated carbocycles. The molecule has 8 heteroatoms. The van der Waals surface area contributed by atoms with Crippen molar-refractivity contribution >= 4 is 39.0 Å². The minimum atomic E-state index is -0.346. The second-order valence-electron chi connectivity index (χ2n) is 6.14. The quantitative estimate of drug-likeness (QED) is 0.539. The van der Waals surface area contributed by atoms with Gasteiger partial charge in [-0.05, 0) is 24.3 Å². The van der Waals surface area contributed by atoms with E-state index in [4.69, 9.17) is 0 Å². The fraction of sp³-hybridized carbons (Fsp3) is 0.105. The average molecular weight is 379 g/mol. The van der Waals surface area contributed by atoms with E-state index >= 15 is 0 Å². The standard InChI is InChI=1S/C19H14FN5OS/c20-14-4-1-2-5-17(14)25-16-7-3-6-15(13(16)10-22-25)23-8-9-24(19(23)26)18-11-21-12-27-18/h1-7,10-12H,8-9H2. The van der Waals surface area contributed by atoms with Crippen LogP contribution in [0.25, 0.3) is 16.6 Å². The van der Waals surface area contributed by atoms with Crippen molar-refractivity contribution in [2.24, 2.45) is 0 Å². The predicted octanol–water partition coefficient (Wildman–Crippen LogP) is 4.07. The molecule has 3 heterocycles. The van der Waals surface area contributed by atoms with E-state index in [1.807, 2.05) is 18.2 Å². The zero-order valence-corrected chi connectivity index (χ0v) is 14.9. The molecule has 0 spiro atoms. The smallest absolute Gasteiger partial charge is 0.291 e. The first kappa shape index (κ1) is 16.0. The Morgan fingerprint density at radius 2 is 1.78 bits per heavy atom. The molecule has 2 aromatic carbocycles. The van der Waals surface area contributed by atoms with Gasteiger partial charge >= 0.3 is 6.03 Å². The Bertz CT molecular complexity index is 1140. The van der Waals surface area contributed by atoms with Gasteiger partial charge in [0.25, 0.3) is 0 Å².